The molecule has 1 aliphatic carbocycles. The molecule has 2 aliphatic rings. The maximum absolute atomic E-state index is 12.9. The van der Waals surface area contributed by atoms with Crippen LogP contribution < -0.4 is 0 Å². The number of ketones is 1. The van der Waals surface area contributed by atoms with Crippen molar-refractivity contribution in [3.63, 3.8) is 0 Å². The van der Waals surface area contributed by atoms with E-state index < -0.39 is 0 Å². The van der Waals surface area contributed by atoms with Crippen LogP contribution >= 0.6 is 0 Å². The molecule has 4 heteroatoms. The summed E-state index contributed by atoms with van der Waals surface area (Å²) < 4.78 is 5.92. The second-order valence-electron chi connectivity index (χ2n) is 9.21. The summed E-state index contributed by atoms with van der Waals surface area (Å²) in [6.07, 6.45) is 4.60. The highest BCUT2D eigenvalue weighted by Crippen LogP contribution is 2.39. The van der Waals surface area contributed by atoms with Gasteiger partial charge in [0.2, 0.25) is 0 Å². The largest absolute Gasteiger partial charge is 0.381 e. The van der Waals surface area contributed by atoms with Gasteiger partial charge in [0.1, 0.15) is 11.6 Å². The molecule has 0 saturated carbocycles. The molecule has 0 N–H and O–H groups in total. The van der Waals surface area contributed by atoms with Crippen molar-refractivity contribution < 1.29 is 19.0 Å². The number of hydrogen-bond donors (Lipinski definition) is 0. The highest BCUT2D eigenvalue weighted by Gasteiger charge is 2.39. The maximum Gasteiger partial charge on any atom is 0.163 e. The van der Waals surface area contributed by atoms with E-state index in [0.717, 1.165) is 44.5 Å². The van der Waals surface area contributed by atoms with Crippen molar-refractivity contribution in [1.29, 1.82) is 0 Å². The molecule has 144 valence electrons. The predicted molar refractivity (Wildman–Crippen MR) is 103 cm³/mol. The van der Waals surface area contributed by atoms with E-state index in [1.807, 2.05) is 12.1 Å². The van der Waals surface area contributed by atoms with E-state index in [-0.39, 0.29) is 11.6 Å². The van der Waals surface area contributed by atoms with Crippen molar-refractivity contribution in [2.75, 3.05) is 27.3 Å². The van der Waals surface area contributed by atoms with Crippen molar-refractivity contribution in [2.24, 2.45) is 5.92 Å². The van der Waals surface area contributed by atoms with Gasteiger partial charge in [-0.25, -0.2) is 0 Å². The molecular weight excluding hydrogens is 326 g/mol. The molecule has 1 aromatic rings. The van der Waals surface area contributed by atoms with E-state index in [0.29, 0.717) is 22.8 Å². The average Bonchev–Trinajstić information content (AvgIpc) is 2.97. The number of ether oxygens (including phenoxy) is 1. The van der Waals surface area contributed by atoms with Gasteiger partial charge in [0.15, 0.2) is 5.78 Å². The van der Waals surface area contributed by atoms with Crippen molar-refractivity contribution in [2.45, 2.75) is 64.5 Å². The van der Waals surface area contributed by atoms with Crippen LogP contribution in [0.4, 0.5) is 0 Å². The Hall–Kier alpha value is -1.23. The summed E-state index contributed by atoms with van der Waals surface area (Å²) >= 11 is 0. The van der Waals surface area contributed by atoms with E-state index >= 15 is 0 Å². The SMILES string of the molecule is CC(C)(C)[N+](C)(C)OC1CCc2c(C(=O)CC3CCOCC3)cccc21. The van der Waals surface area contributed by atoms with Gasteiger partial charge in [0.25, 0.3) is 0 Å². The molecule has 0 bridgehead atoms. The van der Waals surface area contributed by atoms with Crippen molar-refractivity contribution in [3.05, 3.63) is 34.9 Å². The summed E-state index contributed by atoms with van der Waals surface area (Å²) in [5.41, 5.74) is 3.34. The molecule has 0 spiro atoms. The van der Waals surface area contributed by atoms with Crippen LogP contribution in [0.3, 0.4) is 0 Å². The van der Waals surface area contributed by atoms with E-state index in [9.17, 15) is 4.79 Å². The number of Topliss-reactive ketones (excluding diaryl/α,β-unsaturated/α-hetero) is 1. The second kappa shape index (κ2) is 7.41. The third-order valence-electron chi connectivity index (χ3n) is 6.34. The molecule has 1 fully saturated rings. The molecule has 1 atom stereocenters. The first-order valence-electron chi connectivity index (χ1n) is 9.94. The number of fused-ring (bicyclic) bond motifs is 1. The van der Waals surface area contributed by atoms with Crippen LogP contribution in [0.5, 0.6) is 0 Å². The summed E-state index contributed by atoms with van der Waals surface area (Å²) in [5, 5.41) is 0. The van der Waals surface area contributed by atoms with Crippen molar-refractivity contribution >= 4 is 5.78 Å². The van der Waals surface area contributed by atoms with E-state index in [4.69, 9.17) is 9.57 Å². The predicted octanol–water partition coefficient (Wildman–Crippen LogP) is 4.48. The summed E-state index contributed by atoms with van der Waals surface area (Å²) in [6.45, 7) is 8.16. The second-order valence-corrected chi connectivity index (χ2v) is 9.21. The number of rotatable bonds is 5. The Morgan fingerprint density at radius 2 is 1.88 bits per heavy atom. The zero-order valence-electron chi connectivity index (χ0n) is 17.0. The number of quaternary nitrogens is 1. The molecule has 1 aromatic carbocycles. The smallest absolute Gasteiger partial charge is 0.163 e. The minimum absolute atomic E-state index is 0.000758. The highest BCUT2D eigenvalue weighted by atomic mass is 16.7. The van der Waals surface area contributed by atoms with Crippen LogP contribution in [0.25, 0.3) is 0 Å². The molecule has 0 amide bonds. The summed E-state index contributed by atoms with van der Waals surface area (Å²) in [6, 6.07) is 6.17. The lowest BCUT2D eigenvalue weighted by Gasteiger charge is -2.40. The first-order chi connectivity index (χ1) is 12.2. The monoisotopic (exact) mass is 360 g/mol. The molecule has 26 heavy (non-hydrogen) atoms. The van der Waals surface area contributed by atoms with Crippen molar-refractivity contribution in [3.8, 4) is 0 Å². The van der Waals surface area contributed by atoms with Crippen LogP contribution in [0, 0.1) is 5.92 Å². The quantitative estimate of drug-likeness (QED) is 0.441. The number of carbonyl (C=O) groups excluding carboxylic acids is 1. The fourth-order valence-corrected chi connectivity index (χ4v) is 3.79. The van der Waals surface area contributed by atoms with Gasteiger partial charge in [-0.15, -0.1) is 0 Å². The Labute approximate surface area is 158 Å². The minimum atomic E-state index is -0.000758. The van der Waals surface area contributed by atoms with Gasteiger partial charge < -0.3 is 4.74 Å². The van der Waals surface area contributed by atoms with Crippen LogP contribution in [-0.4, -0.2) is 43.3 Å². The van der Waals surface area contributed by atoms with Gasteiger partial charge in [-0.2, -0.15) is 9.48 Å². The van der Waals surface area contributed by atoms with E-state index in [1.54, 1.807) is 0 Å². The molecular formula is C22H34NO3+. The molecule has 0 aromatic heterocycles. The van der Waals surface area contributed by atoms with E-state index in [1.165, 1.54) is 11.1 Å². The van der Waals surface area contributed by atoms with Crippen LogP contribution in [0.2, 0.25) is 0 Å². The Kier molecular flexibility index (Phi) is 5.57. The van der Waals surface area contributed by atoms with Crippen LogP contribution in [-0.2, 0) is 16.0 Å². The topological polar surface area (TPSA) is 35.5 Å². The van der Waals surface area contributed by atoms with Crippen LogP contribution in [0.1, 0.15) is 74.0 Å². The Balaban J connectivity index is 1.76. The number of nitrogens with zero attached hydrogens (tertiary/aromatic N) is 1. The molecule has 1 aliphatic heterocycles. The third kappa shape index (κ3) is 4.03. The summed E-state index contributed by atoms with van der Waals surface area (Å²) in [7, 11) is 4.22. The zero-order chi connectivity index (χ0) is 18.9. The maximum atomic E-state index is 12.9. The zero-order valence-corrected chi connectivity index (χ0v) is 17.0. The molecule has 3 rings (SSSR count). The average molecular weight is 361 g/mol. The lowest BCUT2D eigenvalue weighted by Crippen LogP contribution is -2.54. The van der Waals surface area contributed by atoms with Gasteiger partial charge in [-0.3, -0.25) is 4.79 Å². The van der Waals surface area contributed by atoms with Crippen LogP contribution in [0.15, 0.2) is 18.2 Å². The summed E-state index contributed by atoms with van der Waals surface area (Å²) in [4.78, 5) is 19.4. The first-order valence-corrected chi connectivity index (χ1v) is 9.94. The Morgan fingerprint density at radius 3 is 2.54 bits per heavy atom. The molecule has 1 saturated heterocycles. The number of carbonyl (C=O) groups is 1. The van der Waals surface area contributed by atoms with Gasteiger partial charge in [0.05, 0.1) is 14.1 Å². The van der Waals surface area contributed by atoms with Crippen molar-refractivity contribution in [1.82, 2.24) is 0 Å². The normalized spacial score (nSPS) is 21.7. The molecule has 0 radical (unpaired) electrons. The summed E-state index contributed by atoms with van der Waals surface area (Å²) in [5.74, 6) is 0.760. The number of hydroxylamine groups is 3. The van der Waals surface area contributed by atoms with Gasteiger partial charge in [0, 0.05) is 25.2 Å². The van der Waals surface area contributed by atoms with Gasteiger partial charge in [-0.1, -0.05) is 18.2 Å². The Bertz CT molecular complexity index is 654. The minimum Gasteiger partial charge on any atom is -0.381 e. The Morgan fingerprint density at radius 1 is 1.19 bits per heavy atom. The number of hydrogen-bond acceptors (Lipinski definition) is 3. The third-order valence-corrected chi connectivity index (χ3v) is 6.34. The van der Waals surface area contributed by atoms with E-state index in [2.05, 4.69) is 40.9 Å². The standard InChI is InChI=1S/C22H34NO3/c1-22(2,3)23(4,5)26-21-10-9-17-18(7-6-8-19(17)21)20(24)15-16-11-13-25-14-12-16/h6-8,16,21H,9-15H2,1-5H3/q+1. The lowest BCUT2D eigenvalue weighted by molar-refractivity contribution is -1.12. The molecule has 1 unspecified atom stereocenters. The fraction of sp³-hybridized carbons (Fsp3) is 0.682. The number of benzene rings is 1. The fourth-order valence-electron chi connectivity index (χ4n) is 3.79. The van der Waals surface area contributed by atoms with Gasteiger partial charge in [-0.05, 0) is 63.5 Å². The lowest BCUT2D eigenvalue weighted by atomic mass is 9.89. The molecule has 1 heterocycles. The first kappa shape index (κ1) is 19.5. The molecule has 4 nitrogen and oxygen atoms in total. The highest BCUT2D eigenvalue weighted by molar-refractivity contribution is 5.98. The van der Waals surface area contributed by atoms with Gasteiger partial charge >= 0.3 is 0 Å².